The number of sulfonamides is 1. The number of nitrogens with one attached hydrogen (secondary N) is 2. The lowest BCUT2D eigenvalue weighted by Gasteiger charge is -2.13. The molecule has 1 unspecified atom stereocenters. The molecule has 1 fully saturated rings. The van der Waals surface area contributed by atoms with Crippen molar-refractivity contribution in [2.24, 2.45) is 0 Å². The van der Waals surface area contributed by atoms with Crippen molar-refractivity contribution < 1.29 is 12.8 Å². The second-order valence-corrected chi connectivity index (χ2v) is 7.31. The van der Waals surface area contributed by atoms with Crippen LogP contribution >= 0.6 is 11.8 Å². The fourth-order valence-electron chi connectivity index (χ4n) is 1.99. The van der Waals surface area contributed by atoms with Crippen molar-refractivity contribution in [2.45, 2.75) is 23.9 Å². The molecule has 1 aliphatic heterocycles. The van der Waals surface area contributed by atoms with Gasteiger partial charge in [0.15, 0.2) is 0 Å². The number of halogens is 1. The van der Waals surface area contributed by atoms with Crippen molar-refractivity contribution >= 4 is 21.8 Å². The van der Waals surface area contributed by atoms with Crippen LogP contribution in [0.2, 0.25) is 0 Å². The molecule has 0 aromatic heterocycles. The van der Waals surface area contributed by atoms with E-state index in [0.29, 0.717) is 6.54 Å². The zero-order valence-electron chi connectivity index (χ0n) is 10.6. The van der Waals surface area contributed by atoms with E-state index in [2.05, 4.69) is 10.0 Å². The minimum Gasteiger partial charge on any atom is -0.316 e. The molecule has 4 nitrogen and oxygen atoms in total. The van der Waals surface area contributed by atoms with Crippen LogP contribution in [0.25, 0.3) is 0 Å². The van der Waals surface area contributed by atoms with E-state index in [0.717, 1.165) is 23.5 Å². The van der Waals surface area contributed by atoms with Crippen molar-refractivity contribution in [1.82, 2.24) is 10.0 Å². The fraction of sp³-hybridized carbons (Fsp3) is 0.500. The second kappa shape index (κ2) is 6.21. The van der Waals surface area contributed by atoms with Crippen LogP contribution in [-0.2, 0) is 16.6 Å². The van der Waals surface area contributed by atoms with Gasteiger partial charge in [0, 0.05) is 18.3 Å². The van der Waals surface area contributed by atoms with Gasteiger partial charge in [0.05, 0.1) is 0 Å². The maximum atomic E-state index is 13.9. The Hall–Kier alpha value is -0.630. The second-order valence-electron chi connectivity index (χ2n) is 4.48. The fourth-order valence-corrected chi connectivity index (χ4v) is 4.57. The lowest BCUT2D eigenvalue weighted by atomic mass is 10.2. The SMILES string of the molecule is CNCc1ccc(S(=O)(=O)NC2CCSC2)c(F)c1. The summed E-state index contributed by atoms with van der Waals surface area (Å²) in [5.41, 5.74) is 0.718. The predicted molar refractivity (Wildman–Crippen MR) is 75.2 cm³/mol. The quantitative estimate of drug-likeness (QED) is 0.861. The van der Waals surface area contributed by atoms with E-state index in [4.69, 9.17) is 0 Å². The van der Waals surface area contributed by atoms with Gasteiger partial charge in [0.25, 0.3) is 0 Å². The largest absolute Gasteiger partial charge is 0.316 e. The van der Waals surface area contributed by atoms with Crippen LogP contribution in [0.15, 0.2) is 23.1 Å². The first-order valence-corrected chi connectivity index (χ1v) is 8.70. The van der Waals surface area contributed by atoms with E-state index in [-0.39, 0.29) is 10.9 Å². The third-order valence-corrected chi connectivity index (χ3v) is 5.63. The lowest BCUT2D eigenvalue weighted by Crippen LogP contribution is -2.35. The molecule has 0 bridgehead atoms. The highest BCUT2D eigenvalue weighted by molar-refractivity contribution is 7.99. The third-order valence-electron chi connectivity index (χ3n) is 2.92. The number of thioether (sulfide) groups is 1. The molecular formula is C12H17FN2O2S2. The van der Waals surface area contributed by atoms with E-state index in [1.165, 1.54) is 12.1 Å². The van der Waals surface area contributed by atoms with Gasteiger partial charge < -0.3 is 5.32 Å². The van der Waals surface area contributed by atoms with Crippen LogP contribution in [0, 0.1) is 5.82 Å². The highest BCUT2D eigenvalue weighted by atomic mass is 32.2. The van der Waals surface area contributed by atoms with Crippen molar-refractivity contribution in [3.05, 3.63) is 29.6 Å². The Balaban J connectivity index is 2.19. The number of benzene rings is 1. The highest BCUT2D eigenvalue weighted by Crippen LogP contribution is 2.21. The van der Waals surface area contributed by atoms with Gasteiger partial charge in [0.2, 0.25) is 10.0 Å². The summed E-state index contributed by atoms with van der Waals surface area (Å²) < 4.78 is 40.7. The van der Waals surface area contributed by atoms with Gasteiger partial charge in [-0.25, -0.2) is 17.5 Å². The van der Waals surface area contributed by atoms with Crippen molar-refractivity contribution in [2.75, 3.05) is 18.6 Å². The topological polar surface area (TPSA) is 58.2 Å². The smallest absolute Gasteiger partial charge is 0.243 e. The normalized spacial score (nSPS) is 19.8. The molecule has 1 heterocycles. The standard InChI is InChI=1S/C12H17FN2O2S2/c1-14-7-9-2-3-12(11(13)6-9)19(16,17)15-10-4-5-18-8-10/h2-3,6,10,14-15H,4-5,7-8H2,1H3. The molecule has 0 radical (unpaired) electrons. The van der Waals surface area contributed by atoms with E-state index in [1.807, 2.05) is 0 Å². The third kappa shape index (κ3) is 3.68. The molecule has 7 heteroatoms. The molecule has 1 atom stereocenters. The molecule has 19 heavy (non-hydrogen) atoms. The molecule has 1 saturated heterocycles. The van der Waals surface area contributed by atoms with Crippen molar-refractivity contribution in [3.63, 3.8) is 0 Å². The average molecular weight is 304 g/mol. The average Bonchev–Trinajstić information content (AvgIpc) is 2.81. The van der Waals surface area contributed by atoms with E-state index < -0.39 is 15.8 Å². The van der Waals surface area contributed by atoms with Crippen LogP contribution in [-0.4, -0.2) is 33.0 Å². The summed E-state index contributed by atoms with van der Waals surface area (Å²) in [6.45, 7) is 0.504. The summed E-state index contributed by atoms with van der Waals surface area (Å²) in [5, 5.41) is 2.89. The minimum atomic E-state index is -3.76. The first-order chi connectivity index (χ1) is 9.03. The van der Waals surface area contributed by atoms with Gasteiger partial charge in [-0.3, -0.25) is 0 Å². The Labute approximate surface area is 117 Å². The van der Waals surface area contributed by atoms with E-state index in [1.54, 1.807) is 24.9 Å². The molecular weight excluding hydrogens is 287 g/mol. The molecule has 2 rings (SSSR count). The van der Waals surface area contributed by atoms with Gasteiger partial charge in [-0.1, -0.05) is 6.07 Å². The maximum Gasteiger partial charge on any atom is 0.243 e. The van der Waals surface area contributed by atoms with Gasteiger partial charge in [-0.2, -0.15) is 11.8 Å². The zero-order valence-corrected chi connectivity index (χ0v) is 12.3. The summed E-state index contributed by atoms with van der Waals surface area (Å²) in [6.07, 6.45) is 0.795. The first kappa shape index (κ1) is 14.8. The molecule has 2 N–H and O–H groups in total. The number of hydrogen-bond acceptors (Lipinski definition) is 4. The van der Waals surface area contributed by atoms with Crippen LogP contribution in [0.3, 0.4) is 0 Å². The molecule has 1 aliphatic rings. The van der Waals surface area contributed by atoms with Gasteiger partial charge in [-0.05, 0) is 36.9 Å². The van der Waals surface area contributed by atoms with Crippen molar-refractivity contribution in [1.29, 1.82) is 0 Å². The monoisotopic (exact) mass is 304 g/mol. The minimum absolute atomic E-state index is 0.0913. The molecule has 1 aromatic carbocycles. The van der Waals surface area contributed by atoms with Crippen LogP contribution < -0.4 is 10.0 Å². The molecule has 1 aromatic rings. The molecule has 0 spiro atoms. The lowest BCUT2D eigenvalue weighted by molar-refractivity contribution is 0.543. The molecule has 106 valence electrons. The Bertz CT molecular complexity index is 543. The number of rotatable bonds is 5. The van der Waals surface area contributed by atoms with Crippen LogP contribution in [0.4, 0.5) is 4.39 Å². The Morgan fingerprint density at radius 3 is 2.84 bits per heavy atom. The summed E-state index contributed by atoms with van der Waals surface area (Å²) in [5.74, 6) is 0.987. The van der Waals surface area contributed by atoms with E-state index in [9.17, 15) is 12.8 Å². The Kier molecular flexibility index (Phi) is 4.83. The highest BCUT2D eigenvalue weighted by Gasteiger charge is 2.25. The van der Waals surface area contributed by atoms with Crippen molar-refractivity contribution in [3.8, 4) is 0 Å². The summed E-state index contributed by atoms with van der Waals surface area (Å²) in [4.78, 5) is -0.274. The maximum absolute atomic E-state index is 13.9. The van der Waals surface area contributed by atoms with Crippen LogP contribution in [0.1, 0.15) is 12.0 Å². The molecule has 0 amide bonds. The Morgan fingerprint density at radius 2 is 2.26 bits per heavy atom. The molecule has 0 aliphatic carbocycles. The van der Waals surface area contributed by atoms with E-state index >= 15 is 0 Å². The summed E-state index contributed by atoms with van der Waals surface area (Å²) >= 11 is 1.70. The first-order valence-electron chi connectivity index (χ1n) is 6.06. The predicted octanol–water partition coefficient (Wildman–Crippen LogP) is 1.33. The number of hydrogen-bond donors (Lipinski definition) is 2. The summed E-state index contributed by atoms with van der Waals surface area (Å²) in [6, 6.07) is 4.12. The zero-order chi connectivity index (χ0) is 13.9. The van der Waals surface area contributed by atoms with Gasteiger partial charge in [-0.15, -0.1) is 0 Å². The van der Waals surface area contributed by atoms with Crippen LogP contribution in [0.5, 0.6) is 0 Å². The summed E-state index contributed by atoms with van der Waals surface area (Å²) in [7, 11) is -2.01. The van der Waals surface area contributed by atoms with Gasteiger partial charge in [0.1, 0.15) is 10.7 Å². The molecule has 0 saturated carbocycles. The Morgan fingerprint density at radius 1 is 1.47 bits per heavy atom. The van der Waals surface area contributed by atoms with Gasteiger partial charge >= 0.3 is 0 Å².